The first kappa shape index (κ1) is 11.4. The third-order valence-electron chi connectivity index (χ3n) is 2.72. The number of fused-ring (bicyclic) bond motifs is 1. The molecule has 0 aliphatic carbocycles. The second kappa shape index (κ2) is 4.21. The second-order valence-corrected chi connectivity index (χ2v) is 4.01. The van der Waals surface area contributed by atoms with Crippen molar-refractivity contribution in [2.24, 2.45) is 25.7 Å². The molecule has 1 aromatic carbocycles. The quantitative estimate of drug-likeness (QED) is 0.722. The van der Waals surface area contributed by atoms with E-state index in [0.29, 0.717) is 17.1 Å². The fourth-order valence-corrected chi connectivity index (χ4v) is 1.79. The molecule has 0 bridgehead atoms. The maximum absolute atomic E-state index is 12.1. The van der Waals surface area contributed by atoms with Gasteiger partial charge in [0.05, 0.1) is 0 Å². The molecule has 1 amide bonds. The van der Waals surface area contributed by atoms with Gasteiger partial charge in [-0.25, -0.2) is 20.0 Å². The number of carbonyl (C=O) groups is 1. The number of aliphatic imine (C=N–C) groups is 4. The average molecular weight is 254 g/mol. The zero-order chi connectivity index (χ0) is 13.3. The Hall–Kier alpha value is -2.67. The lowest BCUT2D eigenvalue weighted by atomic mass is 10.1. The summed E-state index contributed by atoms with van der Waals surface area (Å²) in [5, 5.41) is 2.63. The highest BCUT2D eigenvalue weighted by molar-refractivity contribution is 6.50. The zero-order valence-electron chi connectivity index (χ0n) is 9.82. The minimum Gasteiger partial charge on any atom is -0.310 e. The minimum atomic E-state index is -1.43. The summed E-state index contributed by atoms with van der Waals surface area (Å²) in [7, 11) is 0. The van der Waals surface area contributed by atoms with E-state index < -0.39 is 5.79 Å². The molecule has 1 unspecified atom stereocenters. The van der Waals surface area contributed by atoms with Gasteiger partial charge in [0.1, 0.15) is 12.7 Å². The van der Waals surface area contributed by atoms with Crippen LogP contribution in [0.4, 0.5) is 0 Å². The van der Waals surface area contributed by atoms with Crippen LogP contribution in [0.2, 0.25) is 0 Å². The van der Waals surface area contributed by atoms with E-state index in [1.807, 2.05) is 6.07 Å². The van der Waals surface area contributed by atoms with E-state index in [-0.39, 0.29) is 5.91 Å². The van der Waals surface area contributed by atoms with Gasteiger partial charge in [-0.2, -0.15) is 0 Å². The Morgan fingerprint density at radius 3 is 2.74 bits per heavy atom. The van der Waals surface area contributed by atoms with E-state index in [0.717, 1.165) is 0 Å². The van der Waals surface area contributed by atoms with E-state index in [1.165, 1.54) is 12.7 Å². The van der Waals surface area contributed by atoms with Crippen molar-refractivity contribution in [3.05, 3.63) is 35.9 Å². The monoisotopic (exact) mass is 254 g/mol. The van der Waals surface area contributed by atoms with Gasteiger partial charge in [0, 0.05) is 5.56 Å². The summed E-state index contributed by atoms with van der Waals surface area (Å²) in [4.78, 5) is 28.0. The molecule has 19 heavy (non-hydrogen) atoms. The van der Waals surface area contributed by atoms with Crippen LogP contribution in [0.1, 0.15) is 10.4 Å². The molecule has 2 aliphatic rings. The molecule has 0 fully saturated rings. The van der Waals surface area contributed by atoms with Gasteiger partial charge < -0.3 is 5.32 Å². The first-order valence-electron chi connectivity index (χ1n) is 5.58. The predicted molar refractivity (Wildman–Crippen MR) is 72.7 cm³/mol. The van der Waals surface area contributed by atoms with Crippen LogP contribution in [0, 0.1) is 0 Å². The lowest BCUT2D eigenvalue weighted by molar-refractivity contribution is 0.0927. The SMILES string of the molecule is NC1(NC(=O)c2ccccc2)N=CN=C2N=CN=C21. The molecule has 7 heteroatoms. The molecule has 94 valence electrons. The summed E-state index contributed by atoms with van der Waals surface area (Å²) in [6.07, 6.45) is 2.60. The molecular weight excluding hydrogens is 244 g/mol. The molecule has 0 spiro atoms. The van der Waals surface area contributed by atoms with Crippen molar-refractivity contribution in [2.75, 3.05) is 0 Å². The molecule has 1 atom stereocenters. The van der Waals surface area contributed by atoms with Gasteiger partial charge in [-0.3, -0.25) is 10.5 Å². The third kappa shape index (κ3) is 1.95. The molecule has 0 radical (unpaired) electrons. The highest BCUT2D eigenvalue weighted by Crippen LogP contribution is 2.13. The molecule has 2 aliphatic heterocycles. The van der Waals surface area contributed by atoms with Gasteiger partial charge in [-0.15, -0.1) is 0 Å². The van der Waals surface area contributed by atoms with Gasteiger partial charge in [0.25, 0.3) is 5.91 Å². The van der Waals surface area contributed by atoms with Crippen molar-refractivity contribution in [1.82, 2.24) is 5.32 Å². The lowest BCUT2D eigenvalue weighted by Gasteiger charge is -2.27. The summed E-state index contributed by atoms with van der Waals surface area (Å²) < 4.78 is 0. The fourth-order valence-electron chi connectivity index (χ4n) is 1.79. The number of hydrogen-bond donors (Lipinski definition) is 2. The summed E-state index contributed by atoms with van der Waals surface area (Å²) >= 11 is 0. The van der Waals surface area contributed by atoms with E-state index in [1.54, 1.807) is 24.3 Å². The molecule has 3 N–H and O–H groups in total. The number of carbonyl (C=O) groups excluding carboxylic acids is 1. The number of nitrogens with zero attached hydrogens (tertiary/aromatic N) is 4. The minimum absolute atomic E-state index is 0.333. The largest absolute Gasteiger partial charge is 0.310 e. The lowest BCUT2D eigenvalue weighted by Crippen LogP contribution is -2.62. The van der Waals surface area contributed by atoms with Crippen molar-refractivity contribution in [3.8, 4) is 0 Å². The standard InChI is InChI=1S/C12H10N6O/c13-12(9-10(15-6-14-9)16-7-17-12)18-11(19)8-4-2-1-3-5-8/h1-7H,13H2,(H,18,19). The smallest absolute Gasteiger partial charge is 0.254 e. The molecule has 0 aromatic heterocycles. The van der Waals surface area contributed by atoms with Gasteiger partial charge in [0.15, 0.2) is 11.5 Å². The molecular formula is C12H10N6O. The summed E-state index contributed by atoms with van der Waals surface area (Å²) in [6.45, 7) is 0. The normalized spacial score (nSPS) is 23.6. The topological polar surface area (TPSA) is 105 Å². The number of amides is 1. The first-order valence-corrected chi connectivity index (χ1v) is 5.58. The molecule has 0 saturated carbocycles. The van der Waals surface area contributed by atoms with Crippen LogP contribution in [0.3, 0.4) is 0 Å². The number of nitrogens with two attached hydrogens (primary N) is 1. The van der Waals surface area contributed by atoms with Gasteiger partial charge >= 0.3 is 0 Å². The maximum Gasteiger partial charge on any atom is 0.254 e. The Balaban J connectivity index is 1.86. The number of rotatable bonds is 2. The average Bonchev–Trinajstić information content (AvgIpc) is 2.90. The first-order chi connectivity index (χ1) is 9.19. The van der Waals surface area contributed by atoms with Crippen LogP contribution in [0.15, 0.2) is 50.3 Å². The Labute approximate surface area is 108 Å². The molecule has 0 saturated heterocycles. The highest BCUT2D eigenvalue weighted by Gasteiger charge is 2.39. The van der Waals surface area contributed by atoms with Crippen molar-refractivity contribution in [3.63, 3.8) is 0 Å². The molecule has 1 aromatic rings. The molecule has 7 nitrogen and oxygen atoms in total. The fraction of sp³-hybridized carbons (Fsp3) is 0.0833. The summed E-state index contributed by atoms with van der Waals surface area (Å²) in [6, 6.07) is 8.74. The number of amidine groups is 1. The number of hydrogen-bond acceptors (Lipinski definition) is 6. The van der Waals surface area contributed by atoms with Crippen molar-refractivity contribution >= 4 is 30.1 Å². The molecule has 3 rings (SSSR count). The van der Waals surface area contributed by atoms with Crippen molar-refractivity contribution < 1.29 is 4.79 Å². The Morgan fingerprint density at radius 1 is 1.16 bits per heavy atom. The maximum atomic E-state index is 12.1. The number of benzene rings is 1. The van der Waals surface area contributed by atoms with Crippen LogP contribution in [-0.4, -0.2) is 35.9 Å². The Kier molecular flexibility index (Phi) is 2.53. The van der Waals surface area contributed by atoms with Crippen LogP contribution in [-0.2, 0) is 0 Å². The highest BCUT2D eigenvalue weighted by atomic mass is 16.2. The second-order valence-electron chi connectivity index (χ2n) is 4.01. The van der Waals surface area contributed by atoms with E-state index >= 15 is 0 Å². The van der Waals surface area contributed by atoms with Crippen LogP contribution >= 0.6 is 0 Å². The van der Waals surface area contributed by atoms with E-state index in [2.05, 4.69) is 25.3 Å². The van der Waals surface area contributed by atoms with Gasteiger partial charge in [-0.05, 0) is 12.1 Å². The van der Waals surface area contributed by atoms with Gasteiger partial charge in [-0.1, -0.05) is 18.2 Å². The van der Waals surface area contributed by atoms with E-state index in [4.69, 9.17) is 5.73 Å². The Bertz CT molecular complexity index is 645. The van der Waals surface area contributed by atoms with Gasteiger partial charge in [0.2, 0.25) is 5.79 Å². The zero-order valence-corrected chi connectivity index (χ0v) is 9.82. The van der Waals surface area contributed by atoms with Crippen molar-refractivity contribution in [1.29, 1.82) is 0 Å². The third-order valence-corrected chi connectivity index (χ3v) is 2.72. The van der Waals surface area contributed by atoms with Crippen LogP contribution in [0.25, 0.3) is 0 Å². The summed E-state index contributed by atoms with van der Waals surface area (Å²) in [5.74, 6) is -1.40. The van der Waals surface area contributed by atoms with E-state index in [9.17, 15) is 4.79 Å². The van der Waals surface area contributed by atoms with Crippen LogP contribution < -0.4 is 11.1 Å². The number of nitrogens with one attached hydrogen (secondary N) is 1. The van der Waals surface area contributed by atoms with Crippen LogP contribution in [0.5, 0.6) is 0 Å². The summed E-state index contributed by atoms with van der Waals surface area (Å²) in [5.41, 5.74) is 6.89. The van der Waals surface area contributed by atoms with Crippen molar-refractivity contribution in [2.45, 2.75) is 5.79 Å². The molecule has 2 heterocycles. The predicted octanol–water partition coefficient (Wildman–Crippen LogP) is -0.0478. The Morgan fingerprint density at radius 2 is 1.95 bits per heavy atom.